The molecule has 17 heavy (non-hydrogen) atoms. The maximum absolute atomic E-state index is 11.9. The minimum atomic E-state index is -0.498. The highest BCUT2D eigenvalue weighted by atomic mass is 16.2. The fourth-order valence-corrected chi connectivity index (χ4v) is 1.70. The van der Waals surface area contributed by atoms with Gasteiger partial charge in [-0.2, -0.15) is 0 Å². The molecule has 1 aliphatic heterocycles. The summed E-state index contributed by atoms with van der Waals surface area (Å²) >= 11 is 0. The molecule has 1 aromatic carbocycles. The van der Waals surface area contributed by atoms with Gasteiger partial charge >= 0.3 is 0 Å². The molecule has 0 bridgehead atoms. The van der Waals surface area contributed by atoms with Crippen molar-refractivity contribution in [2.24, 2.45) is 0 Å². The number of rotatable bonds is 2. The number of carbonyl (C=O) groups is 2. The number of carbonyl (C=O) groups excluding carboxylic acids is 2. The normalized spacial score (nSPS) is 18.9. The molecule has 0 saturated carbocycles. The topological polar surface area (TPSA) is 70.2 Å². The first-order chi connectivity index (χ1) is 8.06. The molecule has 1 aromatic rings. The molecular formula is C12H15N3O2. The molecule has 1 heterocycles. The van der Waals surface area contributed by atoms with Gasteiger partial charge in [0.1, 0.15) is 6.04 Å². The average molecular weight is 233 g/mol. The number of aryl methyl sites for hydroxylation is 2. The lowest BCUT2D eigenvalue weighted by atomic mass is 10.1. The van der Waals surface area contributed by atoms with Crippen molar-refractivity contribution in [1.82, 2.24) is 10.9 Å². The monoisotopic (exact) mass is 233 g/mol. The van der Waals surface area contributed by atoms with Crippen LogP contribution in [0.5, 0.6) is 0 Å². The van der Waals surface area contributed by atoms with Gasteiger partial charge in [0.05, 0.1) is 6.42 Å². The van der Waals surface area contributed by atoms with E-state index in [2.05, 4.69) is 16.2 Å². The van der Waals surface area contributed by atoms with Gasteiger partial charge in [0.15, 0.2) is 0 Å². The fraction of sp³-hybridized carbons (Fsp3) is 0.333. The van der Waals surface area contributed by atoms with Crippen LogP contribution in [0.4, 0.5) is 5.69 Å². The first kappa shape index (κ1) is 11.6. The Kier molecular flexibility index (Phi) is 3.10. The summed E-state index contributed by atoms with van der Waals surface area (Å²) in [5.41, 5.74) is 7.93. The molecule has 0 radical (unpaired) electrons. The molecule has 5 heteroatoms. The molecule has 2 amide bonds. The van der Waals surface area contributed by atoms with Gasteiger partial charge in [0.25, 0.3) is 0 Å². The van der Waals surface area contributed by atoms with Crippen LogP contribution in [-0.2, 0) is 9.59 Å². The first-order valence-corrected chi connectivity index (χ1v) is 5.49. The second kappa shape index (κ2) is 4.55. The summed E-state index contributed by atoms with van der Waals surface area (Å²) in [5.74, 6) is -0.358. The lowest BCUT2D eigenvalue weighted by Gasteiger charge is -2.12. The van der Waals surface area contributed by atoms with E-state index in [4.69, 9.17) is 0 Å². The second-order valence-electron chi connectivity index (χ2n) is 4.26. The third-order valence-electron chi connectivity index (χ3n) is 2.74. The Morgan fingerprint density at radius 2 is 2.18 bits per heavy atom. The zero-order valence-corrected chi connectivity index (χ0v) is 9.83. The Morgan fingerprint density at radius 3 is 2.82 bits per heavy atom. The maximum atomic E-state index is 11.9. The number of benzene rings is 1. The zero-order chi connectivity index (χ0) is 12.4. The molecule has 0 spiro atoms. The van der Waals surface area contributed by atoms with Gasteiger partial charge < -0.3 is 5.32 Å². The van der Waals surface area contributed by atoms with E-state index >= 15 is 0 Å². The highest BCUT2D eigenvalue weighted by Gasteiger charge is 2.27. The van der Waals surface area contributed by atoms with Crippen LogP contribution >= 0.6 is 0 Å². The van der Waals surface area contributed by atoms with Gasteiger partial charge in [0.2, 0.25) is 11.8 Å². The predicted molar refractivity (Wildman–Crippen MR) is 64.2 cm³/mol. The number of hydrogen-bond acceptors (Lipinski definition) is 3. The van der Waals surface area contributed by atoms with Crippen molar-refractivity contribution in [2.75, 3.05) is 5.32 Å². The molecule has 1 unspecified atom stereocenters. The predicted octanol–water partition coefficient (Wildman–Crippen LogP) is 0.635. The van der Waals surface area contributed by atoms with E-state index in [1.54, 1.807) is 0 Å². The van der Waals surface area contributed by atoms with Crippen LogP contribution in [0.2, 0.25) is 0 Å². The second-order valence-corrected chi connectivity index (χ2v) is 4.26. The molecule has 5 nitrogen and oxygen atoms in total. The Morgan fingerprint density at radius 1 is 1.41 bits per heavy atom. The van der Waals surface area contributed by atoms with E-state index in [1.807, 2.05) is 32.0 Å². The van der Waals surface area contributed by atoms with Crippen LogP contribution in [-0.4, -0.2) is 17.9 Å². The first-order valence-electron chi connectivity index (χ1n) is 5.49. The van der Waals surface area contributed by atoms with E-state index in [9.17, 15) is 9.59 Å². The van der Waals surface area contributed by atoms with Gasteiger partial charge in [-0.25, -0.2) is 5.43 Å². The third kappa shape index (κ3) is 2.62. The van der Waals surface area contributed by atoms with Crippen LogP contribution in [0.3, 0.4) is 0 Å². The molecule has 1 fully saturated rings. The molecule has 90 valence electrons. The number of anilines is 1. The summed E-state index contributed by atoms with van der Waals surface area (Å²) in [4.78, 5) is 22.8. The van der Waals surface area contributed by atoms with Crippen molar-refractivity contribution in [3.05, 3.63) is 29.3 Å². The molecule has 0 aliphatic carbocycles. The van der Waals surface area contributed by atoms with Crippen molar-refractivity contribution in [3.8, 4) is 0 Å². The number of amides is 2. The van der Waals surface area contributed by atoms with Crippen molar-refractivity contribution in [3.63, 3.8) is 0 Å². The SMILES string of the molecule is Cc1ccc(C)c(NC(=O)C2CC(=O)NN2)c1. The fourth-order valence-electron chi connectivity index (χ4n) is 1.70. The molecule has 0 aromatic heterocycles. The van der Waals surface area contributed by atoms with Crippen molar-refractivity contribution in [2.45, 2.75) is 26.3 Å². The Hall–Kier alpha value is -1.88. The van der Waals surface area contributed by atoms with Crippen molar-refractivity contribution < 1.29 is 9.59 Å². The van der Waals surface area contributed by atoms with Crippen molar-refractivity contribution >= 4 is 17.5 Å². The molecular weight excluding hydrogens is 218 g/mol. The van der Waals surface area contributed by atoms with E-state index < -0.39 is 6.04 Å². The molecule has 1 atom stereocenters. The Balaban J connectivity index is 2.07. The van der Waals surface area contributed by atoms with Gasteiger partial charge in [-0.15, -0.1) is 0 Å². The quantitative estimate of drug-likeness (QED) is 0.702. The summed E-state index contributed by atoms with van der Waals surface area (Å²) in [6, 6.07) is 5.36. The summed E-state index contributed by atoms with van der Waals surface area (Å²) in [7, 11) is 0. The minimum Gasteiger partial charge on any atom is -0.324 e. The summed E-state index contributed by atoms with van der Waals surface area (Å²) in [5, 5.41) is 2.82. The van der Waals surface area contributed by atoms with E-state index in [1.165, 1.54) is 0 Å². The molecule has 3 N–H and O–H groups in total. The Bertz CT molecular complexity index is 471. The lowest BCUT2D eigenvalue weighted by molar-refractivity contribution is -0.121. The van der Waals surface area contributed by atoms with Gasteiger partial charge in [0, 0.05) is 5.69 Å². The van der Waals surface area contributed by atoms with Crippen LogP contribution < -0.4 is 16.2 Å². The average Bonchev–Trinajstić information content (AvgIpc) is 2.70. The number of nitrogens with one attached hydrogen (secondary N) is 3. The number of hydrogen-bond donors (Lipinski definition) is 3. The van der Waals surface area contributed by atoms with E-state index in [-0.39, 0.29) is 18.2 Å². The summed E-state index contributed by atoms with van der Waals surface area (Å²) in [6.07, 6.45) is 0.177. The van der Waals surface area contributed by atoms with Crippen LogP contribution in [0.25, 0.3) is 0 Å². The van der Waals surface area contributed by atoms with Crippen LogP contribution in [0, 0.1) is 13.8 Å². The Labute approximate surface area is 99.6 Å². The van der Waals surface area contributed by atoms with Gasteiger partial charge in [-0.1, -0.05) is 12.1 Å². The smallest absolute Gasteiger partial charge is 0.243 e. The highest BCUT2D eigenvalue weighted by molar-refractivity contribution is 5.99. The van der Waals surface area contributed by atoms with Crippen molar-refractivity contribution in [1.29, 1.82) is 0 Å². The molecule has 1 saturated heterocycles. The van der Waals surface area contributed by atoms with Gasteiger partial charge in [-0.05, 0) is 31.0 Å². The van der Waals surface area contributed by atoms with Crippen LogP contribution in [0.15, 0.2) is 18.2 Å². The lowest BCUT2D eigenvalue weighted by Crippen LogP contribution is -2.39. The molecule has 1 aliphatic rings. The molecule has 2 rings (SSSR count). The minimum absolute atomic E-state index is 0.161. The summed E-state index contributed by atoms with van der Waals surface area (Å²) in [6.45, 7) is 3.90. The zero-order valence-electron chi connectivity index (χ0n) is 9.83. The highest BCUT2D eigenvalue weighted by Crippen LogP contribution is 2.17. The summed E-state index contributed by atoms with van der Waals surface area (Å²) < 4.78 is 0. The number of hydrazine groups is 1. The van der Waals surface area contributed by atoms with E-state index in [0.717, 1.165) is 16.8 Å². The standard InChI is InChI=1S/C12H15N3O2/c1-7-3-4-8(2)9(5-7)13-12(17)10-6-11(16)15-14-10/h3-5,10,14H,6H2,1-2H3,(H,13,17)(H,15,16). The van der Waals surface area contributed by atoms with E-state index in [0.29, 0.717) is 0 Å². The van der Waals surface area contributed by atoms with Gasteiger partial charge in [-0.3, -0.25) is 15.0 Å². The van der Waals surface area contributed by atoms with Crippen LogP contribution in [0.1, 0.15) is 17.5 Å². The third-order valence-corrected chi connectivity index (χ3v) is 2.74. The largest absolute Gasteiger partial charge is 0.324 e. The maximum Gasteiger partial charge on any atom is 0.243 e.